The van der Waals surface area contributed by atoms with Crippen molar-refractivity contribution in [1.29, 1.82) is 0 Å². The molecule has 2 N–H and O–H groups in total. The lowest BCUT2D eigenvalue weighted by atomic mass is 10.1. The van der Waals surface area contributed by atoms with Crippen molar-refractivity contribution in [2.24, 2.45) is 5.73 Å². The smallest absolute Gasteiger partial charge is 0.264 e. The summed E-state index contributed by atoms with van der Waals surface area (Å²) < 4.78 is 5.95. The lowest BCUT2D eigenvalue weighted by Gasteiger charge is -2.26. The fraction of sp³-hybridized carbons (Fsp3) is 0.263. The van der Waals surface area contributed by atoms with Crippen LogP contribution in [0, 0.1) is 0 Å². The molecule has 1 aliphatic rings. The first-order valence-electron chi connectivity index (χ1n) is 8.08. The molecule has 1 aliphatic heterocycles. The third-order valence-corrected chi connectivity index (χ3v) is 4.07. The highest BCUT2D eigenvalue weighted by Crippen LogP contribution is 2.27. The van der Waals surface area contributed by atoms with Crippen LogP contribution in [0.5, 0.6) is 5.75 Å². The summed E-state index contributed by atoms with van der Waals surface area (Å²) in [5.41, 5.74) is 7.51. The minimum atomic E-state index is -0.634. The van der Waals surface area contributed by atoms with Gasteiger partial charge in [-0.1, -0.05) is 31.2 Å². The number of amides is 2. The van der Waals surface area contributed by atoms with Gasteiger partial charge in [-0.15, -0.1) is 0 Å². The Morgan fingerprint density at radius 1 is 1.04 bits per heavy atom. The molecule has 5 heteroatoms. The van der Waals surface area contributed by atoms with Gasteiger partial charge in [0.1, 0.15) is 5.75 Å². The topological polar surface area (TPSA) is 72.6 Å². The summed E-state index contributed by atoms with van der Waals surface area (Å²) >= 11 is 0. The largest absolute Gasteiger partial charge is 0.470 e. The van der Waals surface area contributed by atoms with E-state index in [1.54, 1.807) is 24.3 Å². The van der Waals surface area contributed by atoms with Crippen LogP contribution in [-0.4, -0.2) is 29.5 Å². The summed E-state index contributed by atoms with van der Waals surface area (Å²) in [5, 5.41) is 0. The van der Waals surface area contributed by atoms with Gasteiger partial charge in [0.25, 0.3) is 11.8 Å². The number of ether oxygens (including phenoxy) is 1. The molecule has 2 aromatic carbocycles. The zero-order valence-corrected chi connectivity index (χ0v) is 13.6. The SMILES string of the molecule is CCC(Oc1cccc(CCN)c1)N1C(=O)c2ccccc2C1=O. The molecule has 0 radical (unpaired) electrons. The van der Waals surface area contributed by atoms with E-state index in [4.69, 9.17) is 10.5 Å². The maximum absolute atomic E-state index is 12.6. The van der Waals surface area contributed by atoms with Crippen LogP contribution in [0.15, 0.2) is 48.5 Å². The number of hydrogen-bond acceptors (Lipinski definition) is 4. The number of carbonyl (C=O) groups is 2. The van der Waals surface area contributed by atoms with Crippen molar-refractivity contribution in [2.75, 3.05) is 6.54 Å². The van der Waals surface area contributed by atoms with E-state index < -0.39 is 6.23 Å². The normalized spacial score (nSPS) is 14.7. The highest BCUT2D eigenvalue weighted by atomic mass is 16.5. The minimum absolute atomic E-state index is 0.305. The Morgan fingerprint density at radius 3 is 2.29 bits per heavy atom. The Kier molecular flexibility index (Phi) is 4.62. The molecular weight excluding hydrogens is 304 g/mol. The maximum atomic E-state index is 12.6. The highest BCUT2D eigenvalue weighted by molar-refractivity contribution is 6.21. The Balaban J connectivity index is 1.84. The second kappa shape index (κ2) is 6.84. The molecule has 0 fully saturated rings. The van der Waals surface area contributed by atoms with Crippen LogP contribution in [0.2, 0.25) is 0 Å². The van der Waals surface area contributed by atoms with Crippen LogP contribution in [0.4, 0.5) is 0 Å². The summed E-state index contributed by atoms with van der Waals surface area (Å²) in [6.45, 7) is 2.44. The Hall–Kier alpha value is -2.66. The number of nitrogens with zero attached hydrogens (tertiary/aromatic N) is 1. The monoisotopic (exact) mass is 324 g/mol. The van der Waals surface area contributed by atoms with Gasteiger partial charge in [-0.05, 0) is 42.8 Å². The average molecular weight is 324 g/mol. The number of nitrogens with two attached hydrogens (primary N) is 1. The maximum Gasteiger partial charge on any atom is 0.264 e. The zero-order valence-electron chi connectivity index (χ0n) is 13.6. The van der Waals surface area contributed by atoms with Gasteiger partial charge in [0.05, 0.1) is 11.1 Å². The van der Waals surface area contributed by atoms with Crippen LogP contribution < -0.4 is 10.5 Å². The predicted octanol–water partition coefficient (Wildman–Crippen LogP) is 2.60. The first-order chi connectivity index (χ1) is 11.7. The van der Waals surface area contributed by atoms with Gasteiger partial charge < -0.3 is 10.5 Å². The van der Waals surface area contributed by atoms with Crippen molar-refractivity contribution in [3.8, 4) is 5.75 Å². The molecule has 0 spiro atoms. The van der Waals surface area contributed by atoms with E-state index in [1.165, 1.54) is 4.90 Å². The van der Waals surface area contributed by atoms with E-state index in [0.717, 1.165) is 12.0 Å². The summed E-state index contributed by atoms with van der Waals surface area (Å²) in [5.74, 6) is 0.0190. The number of fused-ring (bicyclic) bond motifs is 1. The van der Waals surface area contributed by atoms with Crippen LogP contribution in [0.25, 0.3) is 0 Å². The van der Waals surface area contributed by atoms with Crippen molar-refractivity contribution < 1.29 is 14.3 Å². The highest BCUT2D eigenvalue weighted by Gasteiger charge is 2.40. The predicted molar refractivity (Wildman–Crippen MR) is 90.8 cm³/mol. The summed E-state index contributed by atoms with van der Waals surface area (Å²) in [6, 6.07) is 14.4. The number of rotatable bonds is 6. The Bertz CT molecular complexity index is 738. The molecule has 0 aliphatic carbocycles. The van der Waals surface area contributed by atoms with Crippen LogP contribution in [0.1, 0.15) is 39.6 Å². The fourth-order valence-electron chi connectivity index (χ4n) is 2.89. The van der Waals surface area contributed by atoms with Gasteiger partial charge in [-0.2, -0.15) is 0 Å². The molecule has 1 atom stereocenters. The summed E-state index contributed by atoms with van der Waals surface area (Å²) in [6.07, 6.45) is 0.624. The molecule has 0 saturated carbocycles. The van der Waals surface area contributed by atoms with Crippen molar-refractivity contribution in [3.63, 3.8) is 0 Å². The van der Waals surface area contributed by atoms with Crippen molar-refractivity contribution in [3.05, 3.63) is 65.2 Å². The number of hydrogen-bond donors (Lipinski definition) is 1. The van der Waals surface area contributed by atoms with Crippen molar-refractivity contribution in [1.82, 2.24) is 4.90 Å². The van der Waals surface area contributed by atoms with E-state index in [2.05, 4.69) is 0 Å². The van der Waals surface area contributed by atoms with E-state index in [1.807, 2.05) is 31.2 Å². The fourth-order valence-corrected chi connectivity index (χ4v) is 2.89. The van der Waals surface area contributed by atoms with E-state index in [-0.39, 0.29) is 11.8 Å². The van der Waals surface area contributed by atoms with Crippen LogP contribution in [-0.2, 0) is 6.42 Å². The third-order valence-electron chi connectivity index (χ3n) is 4.07. The lowest BCUT2D eigenvalue weighted by molar-refractivity contribution is 0.0225. The van der Waals surface area contributed by atoms with Gasteiger partial charge in [0.15, 0.2) is 6.23 Å². The van der Waals surface area contributed by atoms with Gasteiger partial charge in [-0.25, -0.2) is 4.90 Å². The van der Waals surface area contributed by atoms with Gasteiger partial charge in [0, 0.05) is 6.42 Å². The first kappa shape index (κ1) is 16.2. The van der Waals surface area contributed by atoms with E-state index in [0.29, 0.717) is 29.8 Å². The Morgan fingerprint density at radius 2 is 1.71 bits per heavy atom. The first-order valence-corrected chi connectivity index (χ1v) is 8.08. The van der Waals surface area contributed by atoms with E-state index >= 15 is 0 Å². The lowest BCUT2D eigenvalue weighted by Crippen LogP contribution is -2.43. The van der Waals surface area contributed by atoms with Crippen LogP contribution in [0.3, 0.4) is 0 Å². The van der Waals surface area contributed by atoms with Gasteiger partial charge in [-0.3, -0.25) is 9.59 Å². The molecule has 1 unspecified atom stereocenters. The molecular formula is C19H20N2O3. The second-order valence-electron chi connectivity index (χ2n) is 5.69. The number of imide groups is 1. The molecule has 1 heterocycles. The molecule has 2 aromatic rings. The number of benzene rings is 2. The standard InChI is InChI=1S/C19H20N2O3/c1-2-17(24-14-7-5-6-13(12-14)10-11-20)21-18(22)15-8-3-4-9-16(15)19(21)23/h3-9,12,17H,2,10-11,20H2,1H3. The minimum Gasteiger partial charge on any atom is -0.470 e. The molecule has 5 nitrogen and oxygen atoms in total. The molecule has 2 amide bonds. The molecule has 24 heavy (non-hydrogen) atoms. The van der Waals surface area contributed by atoms with Gasteiger partial charge >= 0.3 is 0 Å². The molecule has 124 valence electrons. The molecule has 0 aromatic heterocycles. The zero-order chi connectivity index (χ0) is 17.1. The number of carbonyl (C=O) groups excluding carboxylic acids is 2. The van der Waals surface area contributed by atoms with Crippen LogP contribution >= 0.6 is 0 Å². The summed E-state index contributed by atoms with van der Waals surface area (Å²) in [7, 11) is 0. The van der Waals surface area contributed by atoms with Crippen molar-refractivity contribution >= 4 is 11.8 Å². The second-order valence-corrected chi connectivity index (χ2v) is 5.69. The summed E-state index contributed by atoms with van der Waals surface area (Å²) in [4.78, 5) is 26.4. The molecule has 0 bridgehead atoms. The Labute approximate surface area is 141 Å². The van der Waals surface area contributed by atoms with Gasteiger partial charge in [0.2, 0.25) is 0 Å². The average Bonchev–Trinajstić information content (AvgIpc) is 2.85. The quantitative estimate of drug-likeness (QED) is 0.829. The third kappa shape index (κ3) is 2.90. The van der Waals surface area contributed by atoms with E-state index in [9.17, 15) is 9.59 Å². The van der Waals surface area contributed by atoms with Crippen molar-refractivity contribution in [2.45, 2.75) is 26.0 Å². The molecule has 3 rings (SSSR count). The molecule has 0 saturated heterocycles.